The van der Waals surface area contributed by atoms with Crippen LogP contribution in [0.25, 0.3) is 0 Å². The molecule has 340 valence electrons. The van der Waals surface area contributed by atoms with E-state index in [1.54, 1.807) is 55.6 Å². The number of aliphatic hydroxyl groups is 5. The van der Waals surface area contributed by atoms with Gasteiger partial charge in [0.25, 0.3) is 0 Å². The molecular formula is C41H76N2O15. The van der Waals surface area contributed by atoms with Crippen LogP contribution in [0.1, 0.15) is 94.9 Å². The largest absolute Gasteiger partial charge is 0.459 e. The van der Waals surface area contributed by atoms with Gasteiger partial charge >= 0.3 is 5.97 Å². The third-order valence-corrected chi connectivity index (χ3v) is 12.6. The number of hydrogen-bond donors (Lipinski definition) is 5. The predicted molar refractivity (Wildman–Crippen MR) is 212 cm³/mol. The number of rotatable bonds is 13. The number of likely N-dealkylation sites (N-methyl/N-ethyl adjacent to an activating group) is 1. The number of esters is 1. The van der Waals surface area contributed by atoms with Gasteiger partial charge in [0.05, 0.1) is 66.6 Å². The Morgan fingerprint density at radius 2 is 1.55 bits per heavy atom. The summed E-state index contributed by atoms with van der Waals surface area (Å²) in [4.78, 5) is 21.8. The summed E-state index contributed by atoms with van der Waals surface area (Å²) in [6.07, 6.45) is -9.49. The van der Waals surface area contributed by atoms with Crippen molar-refractivity contribution in [2.75, 3.05) is 48.3 Å². The van der Waals surface area contributed by atoms with E-state index in [0.717, 1.165) is 0 Å². The maximum Gasteiger partial charge on any atom is 0.311 e. The Kier molecular flexibility index (Phi) is 18.8. The third kappa shape index (κ3) is 12.1. The maximum atomic E-state index is 14.3. The molecular weight excluding hydrogens is 760 g/mol. The highest BCUT2D eigenvalue weighted by Gasteiger charge is 2.53. The quantitative estimate of drug-likeness (QED) is 0.0778. The van der Waals surface area contributed by atoms with E-state index in [1.165, 1.54) is 14.0 Å². The van der Waals surface area contributed by atoms with Gasteiger partial charge < -0.3 is 73.2 Å². The molecule has 5 N–H and O–H groups in total. The minimum atomic E-state index is -1.97. The highest BCUT2D eigenvalue weighted by Crippen LogP contribution is 2.41. The van der Waals surface area contributed by atoms with E-state index in [0.29, 0.717) is 18.7 Å². The van der Waals surface area contributed by atoms with Gasteiger partial charge in [-0.15, -0.1) is 0 Å². The van der Waals surface area contributed by atoms with Crippen LogP contribution in [0.2, 0.25) is 0 Å². The molecule has 0 bridgehead atoms. The second kappa shape index (κ2) is 21.5. The Morgan fingerprint density at radius 3 is 2.14 bits per heavy atom. The lowest BCUT2D eigenvalue weighted by molar-refractivity contribution is -0.317. The second-order valence-electron chi connectivity index (χ2n) is 17.7. The molecule has 3 heterocycles. The van der Waals surface area contributed by atoms with Crippen LogP contribution in [-0.4, -0.2) is 175 Å². The molecule has 0 spiro atoms. The molecule has 0 aromatic rings. The zero-order valence-corrected chi connectivity index (χ0v) is 37.3. The number of carbonyl (C=O) groups excluding carboxylic acids is 1. The Hall–Kier alpha value is -1.58. The summed E-state index contributed by atoms with van der Waals surface area (Å²) in [7, 11) is 6.76. The maximum absolute atomic E-state index is 14.3. The van der Waals surface area contributed by atoms with Crippen LogP contribution in [-0.2, 0) is 47.5 Å². The first kappa shape index (κ1) is 50.8. The van der Waals surface area contributed by atoms with Crippen molar-refractivity contribution >= 4 is 11.7 Å². The van der Waals surface area contributed by atoms with E-state index in [-0.39, 0.29) is 44.8 Å². The fraction of sp³-hybridized carbons (Fsp3) is 0.951. The van der Waals surface area contributed by atoms with E-state index in [2.05, 4.69) is 5.16 Å². The molecule has 8 unspecified atom stereocenters. The molecule has 0 aromatic carbocycles. The summed E-state index contributed by atoms with van der Waals surface area (Å²) in [6.45, 7) is 17.3. The monoisotopic (exact) mass is 837 g/mol. The van der Waals surface area contributed by atoms with Crippen molar-refractivity contribution in [1.29, 1.82) is 0 Å². The Bertz CT molecular complexity index is 1300. The van der Waals surface area contributed by atoms with E-state index in [9.17, 15) is 30.3 Å². The normalized spacial score (nSPS) is 45.8. The fourth-order valence-corrected chi connectivity index (χ4v) is 8.93. The van der Waals surface area contributed by atoms with Crippen molar-refractivity contribution in [2.24, 2.45) is 28.8 Å². The first-order chi connectivity index (χ1) is 27.0. The minimum absolute atomic E-state index is 0.0307. The highest BCUT2D eigenvalue weighted by atomic mass is 16.7. The van der Waals surface area contributed by atoms with Gasteiger partial charge in [-0.1, -0.05) is 32.9 Å². The summed E-state index contributed by atoms with van der Waals surface area (Å²) < 4.78 is 48.1. The standard InChI is InChI=1S/C41H76N2O15/c1-15-29-41(10,49)34(45)24(4)31(42-53-21-52-17-16-50-13)22(2)19-39(8,48)36(58-38-32(44)28(43(11)12)18-23(3)54-38)25(5)33(26(6)37(47)56-29)57-30-20-40(9,51-14)35(46)27(7)55-30/h22-30,32-36,38,44-46,48-49H,15-21H2,1-14H3/t22-,23?,24-,25+,26-,27?,28?,29-,30?,32?,33+,34-,35?,36-,38?,39-,40?,41-/m1/s1. The molecule has 3 saturated heterocycles. The number of cyclic esters (lactones) is 1. The molecule has 58 heavy (non-hydrogen) atoms. The smallest absolute Gasteiger partial charge is 0.311 e. The van der Waals surface area contributed by atoms with Gasteiger partial charge in [0.1, 0.15) is 23.9 Å². The van der Waals surface area contributed by atoms with Crippen molar-refractivity contribution in [1.82, 2.24) is 4.90 Å². The summed E-state index contributed by atoms with van der Waals surface area (Å²) in [5.74, 6) is -4.14. The SMILES string of the molecule is CC[C@H]1OC(=O)[C@H](C)[C@@H](OC2CC(C)(OC)C(O)C(C)O2)[C@H](C)[C@@H](OC2OC(C)CC(N(C)C)C2O)[C@](C)(O)C[C@@H](C)C(=NOCOCCOC)[C@@H](C)[C@@H](O)[C@]1(C)O. The molecule has 0 radical (unpaired) electrons. The molecule has 3 rings (SSSR count). The van der Waals surface area contributed by atoms with Crippen molar-refractivity contribution in [3.63, 3.8) is 0 Å². The molecule has 18 atom stereocenters. The van der Waals surface area contributed by atoms with Gasteiger partial charge in [-0.2, -0.15) is 0 Å². The van der Waals surface area contributed by atoms with E-state index < -0.39 is 102 Å². The molecule has 0 saturated carbocycles. The lowest BCUT2D eigenvalue weighted by atomic mass is 9.73. The van der Waals surface area contributed by atoms with Gasteiger partial charge in [0, 0.05) is 44.4 Å². The van der Waals surface area contributed by atoms with Crippen LogP contribution in [0.15, 0.2) is 5.16 Å². The lowest BCUT2D eigenvalue weighted by Crippen LogP contribution is -2.61. The lowest BCUT2D eigenvalue weighted by Gasteiger charge is -2.49. The van der Waals surface area contributed by atoms with Crippen LogP contribution in [0.4, 0.5) is 0 Å². The molecule has 3 aliphatic heterocycles. The van der Waals surface area contributed by atoms with Gasteiger partial charge in [0.2, 0.25) is 6.79 Å². The number of carbonyl (C=O) groups is 1. The number of ether oxygens (including phenoxy) is 8. The van der Waals surface area contributed by atoms with Crippen LogP contribution in [0.3, 0.4) is 0 Å². The van der Waals surface area contributed by atoms with E-state index in [1.807, 2.05) is 32.8 Å². The minimum Gasteiger partial charge on any atom is -0.459 e. The van der Waals surface area contributed by atoms with Gasteiger partial charge in [0.15, 0.2) is 12.6 Å². The topological polar surface area (TPSA) is 217 Å². The molecule has 3 fully saturated rings. The number of oxime groups is 1. The zero-order valence-electron chi connectivity index (χ0n) is 37.3. The average molecular weight is 837 g/mol. The summed E-state index contributed by atoms with van der Waals surface area (Å²) in [5.41, 5.74) is -4.49. The average Bonchev–Trinajstić information content (AvgIpc) is 3.15. The zero-order chi connectivity index (χ0) is 43.9. The van der Waals surface area contributed by atoms with Crippen LogP contribution in [0, 0.1) is 23.7 Å². The van der Waals surface area contributed by atoms with Crippen LogP contribution < -0.4 is 0 Å². The van der Waals surface area contributed by atoms with Crippen LogP contribution in [0.5, 0.6) is 0 Å². The van der Waals surface area contributed by atoms with Gasteiger partial charge in [-0.05, 0) is 74.9 Å². The Balaban J connectivity index is 2.22. The first-order valence-corrected chi connectivity index (χ1v) is 20.8. The summed E-state index contributed by atoms with van der Waals surface area (Å²) in [6, 6.07) is -0.328. The van der Waals surface area contributed by atoms with Gasteiger partial charge in [-0.3, -0.25) is 4.79 Å². The number of methoxy groups -OCH3 is 2. The van der Waals surface area contributed by atoms with Crippen molar-refractivity contribution in [3.8, 4) is 0 Å². The summed E-state index contributed by atoms with van der Waals surface area (Å²) in [5, 5.41) is 63.6. The van der Waals surface area contributed by atoms with E-state index >= 15 is 0 Å². The second-order valence-corrected chi connectivity index (χ2v) is 17.7. The first-order valence-electron chi connectivity index (χ1n) is 20.8. The molecule has 17 nitrogen and oxygen atoms in total. The molecule has 17 heteroatoms. The van der Waals surface area contributed by atoms with Crippen LogP contribution >= 0.6 is 0 Å². The molecule has 0 aromatic heterocycles. The Labute approximate surface area is 345 Å². The highest BCUT2D eigenvalue weighted by molar-refractivity contribution is 5.88. The number of nitrogens with zero attached hydrogens (tertiary/aromatic N) is 2. The Morgan fingerprint density at radius 1 is 0.897 bits per heavy atom. The molecule has 0 aliphatic carbocycles. The van der Waals surface area contributed by atoms with Crippen molar-refractivity contribution in [2.45, 2.75) is 179 Å². The van der Waals surface area contributed by atoms with Crippen molar-refractivity contribution in [3.05, 3.63) is 0 Å². The van der Waals surface area contributed by atoms with E-state index in [4.69, 9.17) is 42.7 Å². The number of hydrogen-bond acceptors (Lipinski definition) is 17. The van der Waals surface area contributed by atoms with Crippen molar-refractivity contribution < 1.29 is 73.1 Å². The van der Waals surface area contributed by atoms with Gasteiger partial charge in [-0.25, -0.2) is 0 Å². The number of aliphatic hydroxyl groups excluding tert-OH is 3. The molecule has 0 amide bonds. The summed E-state index contributed by atoms with van der Waals surface area (Å²) >= 11 is 0. The fourth-order valence-electron chi connectivity index (χ4n) is 8.93. The third-order valence-electron chi connectivity index (χ3n) is 12.6. The predicted octanol–water partition coefficient (Wildman–Crippen LogP) is 2.21. The molecule has 3 aliphatic rings.